The molecule has 23 heavy (non-hydrogen) atoms. The van der Waals surface area contributed by atoms with Gasteiger partial charge < -0.3 is 4.57 Å². The molecule has 1 unspecified atom stereocenters. The zero-order chi connectivity index (χ0) is 15.8. The lowest BCUT2D eigenvalue weighted by Crippen LogP contribution is -2.20. The summed E-state index contributed by atoms with van der Waals surface area (Å²) in [6.07, 6.45) is 1.20. The van der Waals surface area contributed by atoms with Gasteiger partial charge in [0.1, 0.15) is 5.82 Å². The van der Waals surface area contributed by atoms with Crippen LogP contribution in [-0.2, 0) is 13.6 Å². The number of rotatable bonds is 3. The Morgan fingerprint density at radius 3 is 2.70 bits per heavy atom. The quantitative estimate of drug-likeness (QED) is 0.732. The van der Waals surface area contributed by atoms with Crippen LogP contribution < -0.4 is 0 Å². The van der Waals surface area contributed by atoms with Crippen LogP contribution in [0, 0.1) is 6.92 Å². The summed E-state index contributed by atoms with van der Waals surface area (Å²) in [5.74, 6) is 1.78. The molecule has 3 aromatic rings. The first kappa shape index (κ1) is 14.5. The highest BCUT2D eigenvalue weighted by Crippen LogP contribution is 2.30. The molecule has 1 aliphatic heterocycles. The van der Waals surface area contributed by atoms with Crippen LogP contribution in [0.5, 0.6) is 0 Å². The van der Waals surface area contributed by atoms with Crippen molar-refractivity contribution in [1.82, 2.24) is 14.5 Å². The van der Waals surface area contributed by atoms with Crippen LogP contribution in [0.1, 0.15) is 29.3 Å². The van der Waals surface area contributed by atoms with Crippen molar-refractivity contribution >= 4 is 11.0 Å². The fraction of sp³-hybridized carbons (Fsp3) is 0.350. The summed E-state index contributed by atoms with van der Waals surface area (Å²) in [6.45, 7) is 5.45. The molecule has 1 fully saturated rings. The average Bonchev–Trinajstić information content (AvgIpc) is 3.14. The van der Waals surface area contributed by atoms with Gasteiger partial charge in [0.2, 0.25) is 0 Å². The summed E-state index contributed by atoms with van der Waals surface area (Å²) < 4.78 is 2.29. The van der Waals surface area contributed by atoms with Crippen LogP contribution in [0.2, 0.25) is 0 Å². The number of fused-ring (bicyclic) bond motifs is 1. The molecule has 1 atom stereocenters. The Bertz CT molecular complexity index is 820. The summed E-state index contributed by atoms with van der Waals surface area (Å²) in [4.78, 5) is 7.52. The van der Waals surface area contributed by atoms with E-state index in [0.29, 0.717) is 5.92 Å². The van der Waals surface area contributed by atoms with Gasteiger partial charge in [-0.1, -0.05) is 42.5 Å². The Balaban J connectivity index is 1.56. The summed E-state index contributed by atoms with van der Waals surface area (Å²) in [5, 5.41) is 0. The lowest BCUT2D eigenvalue weighted by Gasteiger charge is -2.16. The van der Waals surface area contributed by atoms with Gasteiger partial charge in [0.15, 0.2) is 0 Å². The van der Waals surface area contributed by atoms with Gasteiger partial charge in [-0.15, -0.1) is 0 Å². The monoisotopic (exact) mass is 305 g/mol. The van der Waals surface area contributed by atoms with E-state index in [-0.39, 0.29) is 0 Å². The van der Waals surface area contributed by atoms with Gasteiger partial charge in [0.25, 0.3) is 0 Å². The minimum Gasteiger partial charge on any atom is -0.331 e. The van der Waals surface area contributed by atoms with E-state index in [1.807, 2.05) is 0 Å². The Morgan fingerprint density at radius 2 is 1.91 bits per heavy atom. The third kappa shape index (κ3) is 2.66. The fourth-order valence-corrected chi connectivity index (χ4v) is 3.77. The number of aryl methyl sites for hydroxylation is 2. The van der Waals surface area contributed by atoms with Gasteiger partial charge in [0, 0.05) is 26.1 Å². The fourth-order valence-electron chi connectivity index (χ4n) is 3.77. The van der Waals surface area contributed by atoms with Crippen LogP contribution >= 0.6 is 0 Å². The Kier molecular flexibility index (Phi) is 3.66. The van der Waals surface area contributed by atoms with Crippen molar-refractivity contribution in [2.75, 3.05) is 13.1 Å². The highest BCUT2D eigenvalue weighted by molar-refractivity contribution is 5.79. The van der Waals surface area contributed by atoms with Crippen LogP contribution in [-0.4, -0.2) is 27.5 Å². The lowest BCUT2D eigenvalue weighted by molar-refractivity contribution is 0.325. The number of aromatic nitrogens is 2. The molecule has 0 saturated carbocycles. The van der Waals surface area contributed by atoms with Crippen molar-refractivity contribution < 1.29 is 0 Å². The van der Waals surface area contributed by atoms with Crippen molar-refractivity contribution in [3.05, 3.63) is 65.5 Å². The Labute approximate surface area is 137 Å². The Hall–Kier alpha value is -2.13. The van der Waals surface area contributed by atoms with Crippen LogP contribution in [0.4, 0.5) is 0 Å². The largest absolute Gasteiger partial charge is 0.331 e. The lowest BCUT2D eigenvalue weighted by atomic mass is 10.1. The first-order chi connectivity index (χ1) is 11.2. The molecule has 1 aliphatic rings. The third-order valence-corrected chi connectivity index (χ3v) is 5.03. The molecule has 4 rings (SSSR count). The minimum absolute atomic E-state index is 0.538. The van der Waals surface area contributed by atoms with Gasteiger partial charge in [-0.05, 0) is 37.1 Å². The molecule has 0 radical (unpaired) electrons. The van der Waals surface area contributed by atoms with E-state index in [9.17, 15) is 0 Å². The van der Waals surface area contributed by atoms with Crippen molar-refractivity contribution in [2.24, 2.45) is 7.05 Å². The highest BCUT2D eigenvalue weighted by Gasteiger charge is 2.27. The predicted molar refractivity (Wildman–Crippen MR) is 94.5 cm³/mol. The van der Waals surface area contributed by atoms with Crippen molar-refractivity contribution in [1.29, 1.82) is 0 Å². The van der Waals surface area contributed by atoms with Crippen LogP contribution in [0.15, 0.2) is 48.5 Å². The van der Waals surface area contributed by atoms with E-state index in [1.165, 1.54) is 28.9 Å². The molecule has 2 aromatic carbocycles. The van der Waals surface area contributed by atoms with E-state index >= 15 is 0 Å². The van der Waals surface area contributed by atoms with Gasteiger partial charge in [-0.25, -0.2) is 4.98 Å². The maximum atomic E-state index is 4.97. The third-order valence-electron chi connectivity index (χ3n) is 5.03. The van der Waals surface area contributed by atoms with E-state index in [2.05, 4.69) is 72.0 Å². The van der Waals surface area contributed by atoms with Gasteiger partial charge in [-0.3, -0.25) is 4.90 Å². The van der Waals surface area contributed by atoms with E-state index in [0.717, 1.165) is 25.2 Å². The number of likely N-dealkylation sites (tertiary alicyclic amines) is 1. The number of para-hydroxylation sites is 1. The number of nitrogens with zero attached hydrogens (tertiary/aromatic N) is 3. The smallest absolute Gasteiger partial charge is 0.114 e. The first-order valence-electron chi connectivity index (χ1n) is 8.40. The van der Waals surface area contributed by atoms with Crippen LogP contribution in [0.3, 0.4) is 0 Å². The van der Waals surface area contributed by atoms with Crippen molar-refractivity contribution in [3.63, 3.8) is 0 Å². The Morgan fingerprint density at radius 1 is 1.09 bits per heavy atom. The SMILES string of the molecule is Cc1cccc2c1nc(C1CCN(Cc3ccccc3)C1)n2C. The van der Waals surface area contributed by atoms with Gasteiger partial charge in [-0.2, -0.15) is 0 Å². The maximum absolute atomic E-state index is 4.97. The first-order valence-corrected chi connectivity index (χ1v) is 8.40. The molecule has 2 heterocycles. The zero-order valence-corrected chi connectivity index (χ0v) is 13.9. The van der Waals surface area contributed by atoms with Gasteiger partial charge >= 0.3 is 0 Å². The molecule has 0 bridgehead atoms. The number of imidazole rings is 1. The molecule has 0 spiro atoms. The average molecular weight is 305 g/mol. The van der Waals surface area contributed by atoms with E-state index < -0.39 is 0 Å². The zero-order valence-electron chi connectivity index (χ0n) is 13.9. The second-order valence-corrected chi connectivity index (χ2v) is 6.68. The molecule has 0 N–H and O–H groups in total. The molecule has 0 aliphatic carbocycles. The van der Waals surface area contributed by atoms with Crippen LogP contribution in [0.25, 0.3) is 11.0 Å². The van der Waals surface area contributed by atoms with E-state index in [4.69, 9.17) is 4.98 Å². The summed E-state index contributed by atoms with van der Waals surface area (Å²) in [7, 11) is 2.16. The van der Waals surface area contributed by atoms with Crippen molar-refractivity contribution in [3.8, 4) is 0 Å². The second-order valence-electron chi connectivity index (χ2n) is 6.68. The molecule has 1 saturated heterocycles. The standard InChI is InChI=1S/C20H23N3/c1-15-7-6-10-18-19(15)21-20(22(18)2)17-11-12-23(14-17)13-16-8-4-3-5-9-16/h3-10,17H,11-14H2,1-2H3. The highest BCUT2D eigenvalue weighted by atomic mass is 15.2. The molecular formula is C20H23N3. The summed E-state index contributed by atoms with van der Waals surface area (Å²) >= 11 is 0. The number of hydrogen-bond acceptors (Lipinski definition) is 2. The topological polar surface area (TPSA) is 21.1 Å². The summed E-state index contributed by atoms with van der Waals surface area (Å²) in [6, 6.07) is 17.2. The van der Waals surface area contributed by atoms with Crippen molar-refractivity contribution in [2.45, 2.75) is 25.8 Å². The molecular weight excluding hydrogens is 282 g/mol. The van der Waals surface area contributed by atoms with E-state index in [1.54, 1.807) is 0 Å². The molecule has 3 nitrogen and oxygen atoms in total. The molecule has 118 valence electrons. The minimum atomic E-state index is 0.538. The maximum Gasteiger partial charge on any atom is 0.114 e. The molecule has 0 amide bonds. The number of hydrogen-bond donors (Lipinski definition) is 0. The number of benzene rings is 2. The predicted octanol–water partition coefficient (Wildman–Crippen LogP) is 3.87. The van der Waals surface area contributed by atoms with Gasteiger partial charge in [0.05, 0.1) is 11.0 Å². The molecule has 1 aromatic heterocycles. The summed E-state index contributed by atoms with van der Waals surface area (Å²) in [5.41, 5.74) is 5.07. The molecule has 3 heteroatoms. The second kappa shape index (κ2) is 5.82. The normalized spacial score (nSPS) is 18.8.